The van der Waals surface area contributed by atoms with E-state index in [0.717, 1.165) is 17.7 Å². The third-order valence-electron chi connectivity index (χ3n) is 4.75. The number of halogens is 3. The van der Waals surface area contributed by atoms with E-state index in [1.165, 1.54) is 16.4 Å². The lowest BCUT2D eigenvalue weighted by Gasteiger charge is -2.35. The highest BCUT2D eigenvalue weighted by atomic mass is 32.2. The summed E-state index contributed by atoms with van der Waals surface area (Å²) in [7, 11) is -3.61. The van der Waals surface area contributed by atoms with E-state index in [9.17, 15) is 21.6 Å². The lowest BCUT2D eigenvalue weighted by molar-refractivity contribution is -0.137. The molecule has 0 N–H and O–H groups in total. The number of nitrogens with zero attached hydrogens (tertiary/aromatic N) is 3. The Bertz CT molecular complexity index is 1140. The van der Waals surface area contributed by atoms with Gasteiger partial charge in [0, 0.05) is 18.7 Å². The van der Waals surface area contributed by atoms with E-state index in [2.05, 4.69) is 10.1 Å². The van der Waals surface area contributed by atoms with Crippen LogP contribution < -0.4 is 0 Å². The Labute approximate surface area is 165 Å². The Balaban J connectivity index is 1.48. The smallest absolute Gasteiger partial charge is 0.339 e. The number of benzene rings is 2. The molecule has 1 saturated heterocycles. The molecule has 1 aliphatic rings. The molecule has 0 spiro atoms. The van der Waals surface area contributed by atoms with E-state index in [0.29, 0.717) is 0 Å². The molecule has 0 unspecified atom stereocenters. The predicted octanol–water partition coefficient (Wildman–Crippen LogP) is 3.85. The van der Waals surface area contributed by atoms with Crippen LogP contribution in [0.2, 0.25) is 0 Å². The van der Waals surface area contributed by atoms with Gasteiger partial charge >= 0.3 is 6.18 Å². The van der Waals surface area contributed by atoms with Crippen LogP contribution in [0.5, 0.6) is 0 Å². The molecule has 0 bridgehead atoms. The number of aromatic nitrogens is 2. The van der Waals surface area contributed by atoms with E-state index in [4.69, 9.17) is 4.52 Å². The lowest BCUT2D eigenvalue weighted by atomic mass is 10.0. The van der Waals surface area contributed by atoms with Gasteiger partial charge in [-0.25, -0.2) is 8.42 Å². The zero-order valence-electron chi connectivity index (χ0n) is 15.2. The second kappa shape index (κ2) is 6.96. The van der Waals surface area contributed by atoms with Crippen molar-refractivity contribution in [1.82, 2.24) is 14.4 Å². The van der Waals surface area contributed by atoms with Gasteiger partial charge in [-0.05, 0) is 31.2 Å². The molecule has 0 atom stereocenters. The first-order chi connectivity index (χ1) is 13.6. The minimum absolute atomic E-state index is 0.0333. The van der Waals surface area contributed by atoms with Gasteiger partial charge in [0.05, 0.1) is 16.4 Å². The quantitative estimate of drug-likeness (QED) is 0.637. The van der Waals surface area contributed by atoms with E-state index in [1.807, 2.05) is 6.92 Å². The second-order valence-corrected chi connectivity index (χ2v) is 8.80. The Kier molecular flexibility index (Phi) is 4.70. The molecule has 2 aromatic carbocycles. The fourth-order valence-electron chi connectivity index (χ4n) is 3.00. The highest BCUT2D eigenvalue weighted by Gasteiger charge is 2.40. The van der Waals surface area contributed by atoms with Gasteiger partial charge in [0.25, 0.3) is 0 Å². The third kappa shape index (κ3) is 3.77. The van der Waals surface area contributed by atoms with Gasteiger partial charge in [0.15, 0.2) is 0 Å². The van der Waals surface area contributed by atoms with Crippen LogP contribution in [0.15, 0.2) is 57.9 Å². The van der Waals surface area contributed by atoms with Crippen LogP contribution in [0.4, 0.5) is 13.2 Å². The predicted molar refractivity (Wildman–Crippen MR) is 97.4 cm³/mol. The van der Waals surface area contributed by atoms with E-state index >= 15 is 0 Å². The minimum atomic E-state index is -4.47. The first-order valence-electron chi connectivity index (χ1n) is 8.72. The summed E-state index contributed by atoms with van der Waals surface area (Å²) in [5.41, 5.74) is 0.331. The van der Waals surface area contributed by atoms with Crippen molar-refractivity contribution in [3.05, 3.63) is 65.5 Å². The summed E-state index contributed by atoms with van der Waals surface area (Å²) in [5, 5.41) is 3.75. The van der Waals surface area contributed by atoms with Crippen molar-refractivity contribution < 1.29 is 26.1 Å². The molecule has 1 aromatic heterocycles. The molecule has 2 heterocycles. The molecule has 3 aromatic rings. The van der Waals surface area contributed by atoms with Crippen LogP contribution >= 0.6 is 0 Å². The Hall–Kier alpha value is -2.72. The molecule has 29 heavy (non-hydrogen) atoms. The largest absolute Gasteiger partial charge is 0.416 e. The molecule has 0 amide bonds. The summed E-state index contributed by atoms with van der Waals surface area (Å²) in [6.07, 6.45) is -4.47. The minimum Gasteiger partial charge on any atom is -0.339 e. The van der Waals surface area contributed by atoms with Crippen molar-refractivity contribution in [3.8, 4) is 11.4 Å². The molecule has 1 aliphatic heterocycles. The molecule has 0 saturated carbocycles. The van der Waals surface area contributed by atoms with Gasteiger partial charge < -0.3 is 4.52 Å². The van der Waals surface area contributed by atoms with Crippen molar-refractivity contribution in [2.45, 2.75) is 23.9 Å². The molecule has 6 nitrogen and oxygen atoms in total. The average molecular weight is 423 g/mol. The maximum absolute atomic E-state index is 12.9. The molecule has 4 rings (SSSR count). The number of rotatable bonds is 4. The molecule has 0 aliphatic carbocycles. The molecular formula is C19H16F3N3O3S. The second-order valence-electron chi connectivity index (χ2n) is 6.87. The third-order valence-corrected chi connectivity index (χ3v) is 6.59. The standard InChI is InChI=1S/C19H16F3N3O3S/c1-12-5-7-16(8-6-12)29(26,27)25-10-14(11-25)18-23-17(24-28-18)13-3-2-4-15(9-13)19(20,21)22/h2-9,14H,10-11H2,1H3. The number of aryl methyl sites for hydroxylation is 1. The van der Waals surface area contributed by atoms with Gasteiger partial charge in [-0.2, -0.15) is 22.5 Å². The molecule has 1 fully saturated rings. The normalized spacial score (nSPS) is 16.0. The average Bonchev–Trinajstić information content (AvgIpc) is 3.09. The lowest BCUT2D eigenvalue weighted by Crippen LogP contribution is -2.48. The maximum atomic E-state index is 12.9. The highest BCUT2D eigenvalue weighted by Crippen LogP contribution is 2.34. The zero-order chi connectivity index (χ0) is 20.8. The van der Waals surface area contributed by atoms with E-state index < -0.39 is 21.8 Å². The molecule has 152 valence electrons. The van der Waals surface area contributed by atoms with Gasteiger partial charge in [0.2, 0.25) is 21.7 Å². The van der Waals surface area contributed by atoms with Gasteiger partial charge in [0.1, 0.15) is 0 Å². The van der Waals surface area contributed by atoms with Crippen LogP contribution in [0.3, 0.4) is 0 Å². The van der Waals surface area contributed by atoms with Crippen LogP contribution in [-0.2, 0) is 16.2 Å². The summed E-state index contributed by atoms with van der Waals surface area (Å²) in [5.74, 6) is -0.0685. The van der Waals surface area contributed by atoms with Crippen molar-refractivity contribution in [2.75, 3.05) is 13.1 Å². The van der Waals surface area contributed by atoms with Crippen LogP contribution in [-0.4, -0.2) is 36.0 Å². The zero-order valence-corrected chi connectivity index (χ0v) is 16.0. The maximum Gasteiger partial charge on any atom is 0.416 e. The van der Waals surface area contributed by atoms with Crippen molar-refractivity contribution in [3.63, 3.8) is 0 Å². The monoisotopic (exact) mass is 423 g/mol. The van der Waals surface area contributed by atoms with Gasteiger partial charge in [-0.15, -0.1) is 0 Å². The SMILES string of the molecule is Cc1ccc(S(=O)(=O)N2CC(c3nc(-c4cccc(C(F)(F)F)c4)no3)C2)cc1. The van der Waals surface area contributed by atoms with Gasteiger partial charge in [-0.1, -0.05) is 35.0 Å². The van der Waals surface area contributed by atoms with Crippen LogP contribution in [0.1, 0.15) is 22.9 Å². The summed E-state index contributed by atoms with van der Waals surface area (Å²) >= 11 is 0. The highest BCUT2D eigenvalue weighted by molar-refractivity contribution is 7.89. The fourth-order valence-corrected chi connectivity index (χ4v) is 4.53. The molecular weight excluding hydrogens is 407 g/mol. The summed E-state index contributed by atoms with van der Waals surface area (Å²) < 4.78 is 70.3. The Morgan fingerprint density at radius 2 is 1.79 bits per heavy atom. The van der Waals surface area contributed by atoms with E-state index in [1.54, 1.807) is 24.3 Å². The van der Waals surface area contributed by atoms with Crippen LogP contribution in [0.25, 0.3) is 11.4 Å². The van der Waals surface area contributed by atoms with Crippen molar-refractivity contribution in [2.24, 2.45) is 0 Å². The van der Waals surface area contributed by atoms with Crippen molar-refractivity contribution >= 4 is 10.0 Å². The van der Waals surface area contributed by atoms with Crippen molar-refractivity contribution in [1.29, 1.82) is 0 Å². The number of sulfonamides is 1. The fraction of sp³-hybridized carbons (Fsp3) is 0.263. The molecule has 0 radical (unpaired) electrons. The topological polar surface area (TPSA) is 76.3 Å². The number of alkyl halides is 3. The first-order valence-corrected chi connectivity index (χ1v) is 10.2. The van der Waals surface area contributed by atoms with Gasteiger partial charge in [-0.3, -0.25) is 0 Å². The first kappa shape index (κ1) is 19.6. The number of hydrogen-bond acceptors (Lipinski definition) is 5. The summed E-state index contributed by atoms with van der Waals surface area (Å²) in [4.78, 5) is 4.37. The number of hydrogen-bond donors (Lipinski definition) is 0. The summed E-state index contributed by atoms with van der Waals surface area (Å²) in [6, 6.07) is 11.2. The Morgan fingerprint density at radius 3 is 2.45 bits per heavy atom. The van der Waals surface area contributed by atoms with E-state index in [-0.39, 0.29) is 41.2 Å². The Morgan fingerprint density at radius 1 is 1.10 bits per heavy atom. The summed E-state index contributed by atoms with van der Waals surface area (Å²) in [6.45, 7) is 2.20. The molecule has 10 heteroatoms. The van der Waals surface area contributed by atoms with Crippen LogP contribution in [0, 0.1) is 6.92 Å².